The highest BCUT2D eigenvalue weighted by atomic mass is 127. The van der Waals surface area contributed by atoms with Crippen LogP contribution in [0.1, 0.15) is 12.6 Å². The van der Waals surface area contributed by atoms with Crippen molar-refractivity contribution in [3.05, 3.63) is 61.8 Å². The van der Waals surface area contributed by atoms with Gasteiger partial charge >= 0.3 is 0 Å². The lowest BCUT2D eigenvalue weighted by Gasteiger charge is -2.08. The average Bonchev–Trinajstić information content (AvgIpc) is 2.86. The molecule has 0 saturated carbocycles. The minimum Gasteiger partial charge on any atom is -0.357 e. The summed E-state index contributed by atoms with van der Waals surface area (Å²) in [6.45, 7) is 1.95. The Kier molecular flexibility index (Phi) is 4.36. The van der Waals surface area contributed by atoms with Crippen LogP contribution in [0.3, 0.4) is 0 Å². The van der Waals surface area contributed by atoms with E-state index in [0.29, 0.717) is 6.42 Å². The number of aromatic nitrogens is 1. The van der Waals surface area contributed by atoms with E-state index in [9.17, 15) is 10.1 Å². The Balaban J connectivity index is 2.28. The molecular weight excluding hydrogens is 405 g/mol. The van der Waals surface area contributed by atoms with E-state index in [1.54, 1.807) is 12.1 Å². The number of fused-ring (bicyclic) bond motifs is 1. The second kappa shape index (κ2) is 6.29. The van der Waals surface area contributed by atoms with Crippen molar-refractivity contribution in [2.45, 2.75) is 19.4 Å². The zero-order valence-electron chi connectivity index (χ0n) is 12.5. The van der Waals surface area contributed by atoms with Crippen LogP contribution in [-0.4, -0.2) is 15.9 Å². The van der Waals surface area contributed by atoms with Gasteiger partial charge in [-0.25, -0.2) is 0 Å². The number of benzene rings is 2. The zero-order chi connectivity index (χ0) is 16.6. The molecule has 0 aliphatic carbocycles. The van der Waals surface area contributed by atoms with Gasteiger partial charge in [-0.05, 0) is 41.1 Å². The first-order valence-electron chi connectivity index (χ1n) is 7.27. The molecule has 2 aromatic carbocycles. The molecule has 5 nitrogen and oxygen atoms in total. The van der Waals surface area contributed by atoms with Crippen LogP contribution in [0.2, 0.25) is 0 Å². The molecule has 6 heteroatoms. The normalized spacial score (nSPS) is 12.5. The number of nitrogens with zero attached hydrogens (tertiary/aromatic N) is 1. The lowest BCUT2D eigenvalue weighted by molar-refractivity contribution is -0.384. The summed E-state index contributed by atoms with van der Waals surface area (Å²) in [5.74, 6) is 0. The quantitative estimate of drug-likeness (QED) is 0.376. The third-order valence-electron chi connectivity index (χ3n) is 3.73. The van der Waals surface area contributed by atoms with Crippen LogP contribution in [-0.2, 0) is 6.42 Å². The number of H-pyrrole nitrogens is 1. The van der Waals surface area contributed by atoms with Gasteiger partial charge in [0.15, 0.2) is 0 Å². The molecule has 1 aromatic heterocycles. The molecule has 3 rings (SSSR count). The molecule has 3 aromatic rings. The molecule has 3 N–H and O–H groups in total. The lowest BCUT2D eigenvalue weighted by Crippen LogP contribution is -2.18. The van der Waals surface area contributed by atoms with Crippen LogP contribution in [0.15, 0.2) is 42.5 Å². The fourth-order valence-corrected chi connectivity index (χ4v) is 3.45. The number of halogens is 1. The van der Waals surface area contributed by atoms with E-state index in [2.05, 4.69) is 27.6 Å². The summed E-state index contributed by atoms with van der Waals surface area (Å²) in [7, 11) is 0. The van der Waals surface area contributed by atoms with Gasteiger partial charge in [-0.3, -0.25) is 10.1 Å². The number of hydrogen-bond donors (Lipinski definition) is 2. The number of nitrogens with one attached hydrogen (secondary N) is 1. The summed E-state index contributed by atoms with van der Waals surface area (Å²) in [6.07, 6.45) is 0.683. The standard InChI is InChI=1S/C17H16IN3O2/c1-10(19)8-15-16(11-4-2-5-12(9-11)21(22)23)13-6-3-7-14(18)17(13)20-15/h2-7,9-10,20H,8,19H2,1H3. The SMILES string of the molecule is CC(N)Cc1[nH]c2c(I)cccc2c1-c1cccc([N+](=O)[O-])c1. The number of hydrogen-bond acceptors (Lipinski definition) is 3. The number of non-ortho nitro benzene ring substituents is 1. The van der Waals surface area contributed by atoms with Crippen LogP contribution in [0.25, 0.3) is 22.0 Å². The smallest absolute Gasteiger partial charge is 0.270 e. The van der Waals surface area contributed by atoms with Crippen molar-refractivity contribution in [1.82, 2.24) is 4.98 Å². The Morgan fingerprint density at radius 2 is 2.04 bits per heavy atom. The molecular formula is C17H16IN3O2. The van der Waals surface area contributed by atoms with E-state index in [0.717, 1.165) is 31.3 Å². The Hall–Kier alpha value is -1.93. The number of nitro groups is 1. The summed E-state index contributed by atoms with van der Waals surface area (Å²) in [6, 6.07) is 12.8. The van der Waals surface area contributed by atoms with Crippen molar-refractivity contribution in [1.29, 1.82) is 0 Å². The second-order valence-electron chi connectivity index (χ2n) is 5.63. The number of nitro benzene ring substituents is 1. The summed E-state index contributed by atoms with van der Waals surface area (Å²) >= 11 is 2.29. The molecule has 1 atom stereocenters. The monoisotopic (exact) mass is 421 g/mol. The highest BCUT2D eigenvalue weighted by Gasteiger charge is 2.17. The van der Waals surface area contributed by atoms with E-state index in [1.807, 2.05) is 31.2 Å². The van der Waals surface area contributed by atoms with Crippen molar-refractivity contribution in [3.63, 3.8) is 0 Å². The summed E-state index contributed by atoms with van der Waals surface area (Å²) in [5, 5.41) is 12.1. The fraction of sp³-hybridized carbons (Fsp3) is 0.176. The van der Waals surface area contributed by atoms with E-state index in [1.165, 1.54) is 6.07 Å². The van der Waals surface area contributed by atoms with Gasteiger partial charge in [-0.1, -0.05) is 24.3 Å². The lowest BCUT2D eigenvalue weighted by atomic mass is 9.99. The van der Waals surface area contributed by atoms with Crippen LogP contribution in [0, 0.1) is 13.7 Å². The molecule has 0 aliphatic heterocycles. The van der Waals surface area contributed by atoms with Crippen molar-refractivity contribution in [2.24, 2.45) is 5.73 Å². The summed E-state index contributed by atoms with van der Waals surface area (Å²) < 4.78 is 1.11. The molecule has 0 amide bonds. The van der Waals surface area contributed by atoms with Gasteiger partial charge in [0.25, 0.3) is 5.69 Å². The van der Waals surface area contributed by atoms with Gasteiger partial charge in [-0.15, -0.1) is 0 Å². The molecule has 118 valence electrons. The third kappa shape index (κ3) is 3.09. The van der Waals surface area contributed by atoms with Gasteiger partial charge in [-0.2, -0.15) is 0 Å². The molecule has 0 radical (unpaired) electrons. The van der Waals surface area contributed by atoms with Gasteiger partial charge in [0, 0.05) is 44.8 Å². The highest BCUT2D eigenvalue weighted by molar-refractivity contribution is 14.1. The van der Waals surface area contributed by atoms with Crippen molar-refractivity contribution < 1.29 is 4.92 Å². The minimum atomic E-state index is -0.368. The zero-order valence-corrected chi connectivity index (χ0v) is 14.7. The van der Waals surface area contributed by atoms with Crippen molar-refractivity contribution >= 4 is 39.2 Å². The first kappa shape index (κ1) is 15.9. The Bertz CT molecular complexity index is 887. The molecule has 0 saturated heterocycles. The largest absolute Gasteiger partial charge is 0.357 e. The van der Waals surface area contributed by atoms with Crippen LogP contribution >= 0.6 is 22.6 Å². The Morgan fingerprint density at radius 1 is 1.30 bits per heavy atom. The number of para-hydroxylation sites is 1. The second-order valence-corrected chi connectivity index (χ2v) is 6.79. The Morgan fingerprint density at radius 3 is 2.74 bits per heavy atom. The third-order valence-corrected chi connectivity index (χ3v) is 4.63. The molecule has 0 spiro atoms. The van der Waals surface area contributed by atoms with Gasteiger partial charge in [0.05, 0.1) is 10.4 Å². The van der Waals surface area contributed by atoms with Crippen molar-refractivity contribution in [3.8, 4) is 11.1 Å². The van der Waals surface area contributed by atoms with Crippen LogP contribution in [0.5, 0.6) is 0 Å². The highest BCUT2D eigenvalue weighted by Crippen LogP contribution is 2.36. The summed E-state index contributed by atoms with van der Waals surface area (Å²) in [5.41, 5.74) is 9.97. The molecule has 0 aliphatic rings. The summed E-state index contributed by atoms with van der Waals surface area (Å²) in [4.78, 5) is 14.2. The topological polar surface area (TPSA) is 85.0 Å². The molecule has 0 fully saturated rings. The first-order chi connectivity index (χ1) is 11.0. The average molecular weight is 421 g/mol. The number of aromatic amines is 1. The molecule has 0 bridgehead atoms. The maximum absolute atomic E-state index is 11.1. The van der Waals surface area contributed by atoms with Gasteiger partial charge in [0.2, 0.25) is 0 Å². The van der Waals surface area contributed by atoms with Crippen molar-refractivity contribution in [2.75, 3.05) is 0 Å². The van der Waals surface area contributed by atoms with Gasteiger partial charge in [0.1, 0.15) is 0 Å². The fourth-order valence-electron chi connectivity index (χ4n) is 2.82. The van der Waals surface area contributed by atoms with E-state index < -0.39 is 0 Å². The maximum Gasteiger partial charge on any atom is 0.270 e. The van der Waals surface area contributed by atoms with E-state index in [-0.39, 0.29) is 16.7 Å². The van der Waals surface area contributed by atoms with Crippen LogP contribution < -0.4 is 5.73 Å². The molecule has 23 heavy (non-hydrogen) atoms. The predicted molar refractivity (Wildman–Crippen MR) is 100 cm³/mol. The van der Waals surface area contributed by atoms with Gasteiger partial charge < -0.3 is 10.7 Å². The van der Waals surface area contributed by atoms with E-state index in [4.69, 9.17) is 5.73 Å². The van der Waals surface area contributed by atoms with E-state index >= 15 is 0 Å². The minimum absolute atomic E-state index is 0.00169. The first-order valence-corrected chi connectivity index (χ1v) is 8.34. The molecule has 1 heterocycles. The van der Waals surface area contributed by atoms with Crippen LogP contribution in [0.4, 0.5) is 5.69 Å². The Labute approximate surface area is 147 Å². The number of rotatable bonds is 4. The predicted octanol–water partition coefficient (Wildman–Crippen LogP) is 4.24. The molecule has 1 unspecified atom stereocenters. The maximum atomic E-state index is 11.1. The number of nitrogens with two attached hydrogens (primary N) is 1.